The molecule has 108 valence electrons. The molecular weight excluding hydrogens is 288 g/mol. The number of carbonyl (C=O) groups excluding carboxylic acids is 1. The first-order valence-electron chi connectivity index (χ1n) is 6.24. The second kappa shape index (κ2) is 6.81. The summed E-state index contributed by atoms with van der Waals surface area (Å²) in [6.07, 6.45) is 4.13. The van der Waals surface area contributed by atoms with E-state index in [-0.39, 0.29) is 5.91 Å². The van der Waals surface area contributed by atoms with E-state index in [4.69, 9.17) is 5.11 Å². The smallest absolute Gasteiger partial charge is 0.328 e. The van der Waals surface area contributed by atoms with Crippen LogP contribution in [0.25, 0.3) is 6.08 Å². The molecular formula is C15H14N2O3S. The number of carboxylic acids is 1. The van der Waals surface area contributed by atoms with Crippen LogP contribution in [-0.4, -0.2) is 22.0 Å². The first-order valence-corrected chi connectivity index (χ1v) is 7.12. The van der Waals surface area contributed by atoms with Gasteiger partial charge in [-0.2, -0.15) is 0 Å². The molecule has 2 aromatic heterocycles. The zero-order valence-corrected chi connectivity index (χ0v) is 12.2. The van der Waals surface area contributed by atoms with Crippen LogP contribution in [0.4, 0.5) is 0 Å². The molecule has 0 radical (unpaired) electrons. The molecule has 0 atom stereocenters. The summed E-state index contributed by atoms with van der Waals surface area (Å²) in [5.74, 6) is -1.20. The quantitative estimate of drug-likeness (QED) is 0.832. The number of carboxylic acid groups (broad SMARTS) is 1. The van der Waals surface area contributed by atoms with Gasteiger partial charge in [-0.1, -0.05) is 0 Å². The van der Waals surface area contributed by atoms with Gasteiger partial charge < -0.3 is 10.4 Å². The Labute approximate surface area is 126 Å². The van der Waals surface area contributed by atoms with E-state index in [1.165, 1.54) is 23.6 Å². The Hall–Kier alpha value is -2.47. The number of carbonyl (C=O) groups is 2. The third-order valence-corrected chi connectivity index (χ3v) is 3.71. The molecule has 0 aliphatic carbocycles. The number of pyridine rings is 1. The van der Waals surface area contributed by atoms with Gasteiger partial charge in [0.05, 0.1) is 12.1 Å². The van der Waals surface area contributed by atoms with Crippen LogP contribution in [0.5, 0.6) is 0 Å². The summed E-state index contributed by atoms with van der Waals surface area (Å²) in [6.45, 7) is 2.21. The van der Waals surface area contributed by atoms with Crippen LogP contribution in [0, 0.1) is 6.92 Å². The SMILES string of the molecule is Cc1ccc(C(=O)NCc2sccc2/C=C/C(=O)O)cn1. The van der Waals surface area contributed by atoms with Gasteiger partial charge in [-0.05, 0) is 42.1 Å². The monoisotopic (exact) mass is 302 g/mol. The largest absolute Gasteiger partial charge is 0.478 e. The van der Waals surface area contributed by atoms with Crippen LogP contribution in [0.15, 0.2) is 35.9 Å². The Morgan fingerprint density at radius 2 is 2.19 bits per heavy atom. The van der Waals surface area contributed by atoms with Crippen molar-refractivity contribution in [1.82, 2.24) is 10.3 Å². The normalized spacial score (nSPS) is 10.7. The van der Waals surface area contributed by atoms with Crippen molar-refractivity contribution in [2.75, 3.05) is 0 Å². The van der Waals surface area contributed by atoms with Crippen molar-refractivity contribution >= 4 is 29.3 Å². The highest BCUT2D eigenvalue weighted by Gasteiger charge is 2.08. The lowest BCUT2D eigenvalue weighted by atomic mass is 10.2. The van der Waals surface area contributed by atoms with Gasteiger partial charge in [-0.3, -0.25) is 9.78 Å². The highest BCUT2D eigenvalue weighted by atomic mass is 32.1. The van der Waals surface area contributed by atoms with Crippen molar-refractivity contribution in [3.8, 4) is 0 Å². The van der Waals surface area contributed by atoms with E-state index >= 15 is 0 Å². The number of aliphatic carboxylic acids is 1. The number of hydrogen-bond acceptors (Lipinski definition) is 4. The van der Waals surface area contributed by atoms with Crippen molar-refractivity contribution in [2.24, 2.45) is 0 Å². The lowest BCUT2D eigenvalue weighted by molar-refractivity contribution is -0.131. The second-order valence-electron chi connectivity index (χ2n) is 4.34. The molecule has 2 N–H and O–H groups in total. The predicted octanol–water partition coefficient (Wildman–Crippen LogP) is 2.48. The first-order chi connectivity index (χ1) is 10.1. The molecule has 0 spiro atoms. The number of thiophene rings is 1. The summed E-state index contributed by atoms with van der Waals surface area (Å²) in [7, 11) is 0. The molecule has 2 aromatic rings. The number of amides is 1. The Kier molecular flexibility index (Phi) is 4.84. The Morgan fingerprint density at radius 3 is 2.86 bits per heavy atom. The summed E-state index contributed by atoms with van der Waals surface area (Å²) in [4.78, 5) is 27.5. The second-order valence-corrected chi connectivity index (χ2v) is 5.34. The van der Waals surface area contributed by atoms with E-state index in [2.05, 4.69) is 10.3 Å². The molecule has 0 unspecified atom stereocenters. The Balaban J connectivity index is 2.00. The number of nitrogens with zero attached hydrogens (tertiary/aromatic N) is 1. The molecule has 1 amide bonds. The summed E-state index contributed by atoms with van der Waals surface area (Å²) < 4.78 is 0. The minimum atomic E-state index is -0.998. The first kappa shape index (κ1) is 14.9. The van der Waals surface area contributed by atoms with Gasteiger partial charge in [0.15, 0.2) is 0 Å². The Morgan fingerprint density at radius 1 is 1.38 bits per heavy atom. The van der Waals surface area contributed by atoms with E-state index in [0.29, 0.717) is 12.1 Å². The predicted molar refractivity (Wildman–Crippen MR) is 81.1 cm³/mol. The van der Waals surface area contributed by atoms with Gasteiger partial charge in [-0.25, -0.2) is 4.79 Å². The van der Waals surface area contributed by atoms with Gasteiger partial charge in [0.25, 0.3) is 5.91 Å². The molecule has 0 aliphatic rings. The maximum Gasteiger partial charge on any atom is 0.328 e. The molecule has 0 saturated carbocycles. The molecule has 21 heavy (non-hydrogen) atoms. The van der Waals surface area contributed by atoms with Crippen molar-refractivity contribution in [3.63, 3.8) is 0 Å². The van der Waals surface area contributed by atoms with Crippen LogP contribution in [0.2, 0.25) is 0 Å². The van der Waals surface area contributed by atoms with Gasteiger partial charge in [0.2, 0.25) is 0 Å². The van der Waals surface area contributed by atoms with E-state index < -0.39 is 5.97 Å². The fourth-order valence-corrected chi connectivity index (χ4v) is 2.48. The van der Waals surface area contributed by atoms with E-state index in [1.54, 1.807) is 12.1 Å². The minimum Gasteiger partial charge on any atom is -0.478 e. The fourth-order valence-electron chi connectivity index (χ4n) is 1.67. The topological polar surface area (TPSA) is 79.3 Å². The van der Waals surface area contributed by atoms with E-state index in [9.17, 15) is 9.59 Å². The minimum absolute atomic E-state index is 0.205. The van der Waals surface area contributed by atoms with Crippen molar-refractivity contribution < 1.29 is 14.7 Å². The highest BCUT2D eigenvalue weighted by molar-refractivity contribution is 7.10. The molecule has 0 aliphatic heterocycles. The molecule has 5 nitrogen and oxygen atoms in total. The average Bonchev–Trinajstić information content (AvgIpc) is 2.90. The Bertz CT molecular complexity index is 674. The lowest BCUT2D eigenvalue weighted by Crippen LogP contribution is -2.22. The number of aryl methyl sites for hydroxylation is 1. The van der Waals surface area contributed by atoms with Crippen LogP contribution in [0.1, 0.15) is 26.5 Å². The van der Waals surface area contributed by atoms with Crippen molar-refractivity contribution in [2.45, 2.75) is 13.5 Å². The summed E-state index contributed by atoms with van der Waals surface area (Å²) >= 11 is 1.47. The number of nitrogens with one attached hydrogen (secondary N) is 1. The highest BCUT2D eigenvalue weighted by Crippen LogP contribution is 2.18. The molecule has 0 aromatic carbocycles. The molecule has 6 heteroatoms. The summed E-state index contributed by atoms with van der Waals surface area (Å²) in [5.41, 5.74) is 2.15. The third kappa shape index (κ3) is 4.25. The number of aromatic nitrogens is 1. The molecule has 0 bridgehead atoms. The van der Waals surface area contributed by atoms with E-state index in [0.717, 1.165) is 22.2 Å². The van der Waals surface area contributed by atoms with E-state index in [1.807, 2.05) is 18.4 Å². The summed E-state index contributed by atoms with van der Waals surface area (Å²) in [6, 6.07) is 5.32. The van der Waals surface area contributed by atoms with Crippen LogP contribution >= 0.6 is 11.3 Å². The lowest BCUT2D eigenvalue weighted by Gasteiger charge is -2.05. The fraction of sp³-hybridized carbons (Fsp3) is 0.133. The molecule has 2 heterocycles. The third-order valence-electron chi connectivity index (χ3n) is 2.77. The zero-order valence-electron chi connectivity index (χ0n) is 11.4. The number of hydrogen-bond donors (Lipinski definition) is 2. The maximum absolute atomic E-state index is 12.0. The van der Waals surface area contributed by atoms with Crippen LogP contribution in [0.3, 0.4) is 0 Å². The van der Waals surface area contributed by atoms with Crippen molar-refractivity contribution in [3.05, 3.63) is 57.6 Å². The molecule has 2 rings (SSSR count). The molecule has 0 saturated heterocycles. The van der Waals surface area contributed by atoms with Crippen LogP contribution in [-0.2, 0) is 11.3 Å². The standard InChI is InChI=1S/C15H14N2O3S/c1-10-2-3-12(8-16-10)15(20)17-9-13-11(6-7-21-13)4-5-14(18)19/h2-8H,9H2,1H3,(H,17,20)(H,18,19)/b5-4+. The van der Waals surface area contributed by atoms with Gasteiger partial charge in [0.1, 0.15) is 0 Å². The van der Waals surface area contributed by atoms with Gasteiger partial charge in [0, 0.05) is 22.8 Å². The molecule has 0 fully saturated rings. The van der Waals surface area contributed by atoms with Crippen LogP contribution < -0.4 is 5.32 Å². The zero-order chi connectivity index (χ0) is 15.2. The van der Waals surface area contributed by atoms with Gasteiger partial charge >= 0.3 is 5.97 Å². The maximum atomic E-state index is 12.0. The average molecular weight is 302 g/mol. The number of rotatable bonds is 5. The van der Waals surface area contributed by atoms with Gasteiger partial charge in [-0.15, -0.1) is 11.3 Å². The van der Waals surface area contributed by atoms with Crippen molar-refractivity contribution in [1.29, 1.82) is 0 Å². The summed E-state index contributed by atoms with van der Waals surface area (Å²) in [5, 5.41) is 13.3.